The van der Waals surface area contributed by atoms with E-state index < -0.39 is 87.4 Å². The third kappa shape index (κ3) is 15.4. The summed E-state index contributed by atoms with van der Waals surface area (Å²) in [5.41, 5.74) is 4.45. The van der Waals surface area contributed by atoms with E-state index in [1.807, 2.05) is 0 Å². The van der Waals surface area contributed by atoms with Crippen LogP contribution in [-0.2, 0) is 61.5 Å². The molecule has 5 rings (SSSR count). The first-order chi connectivity index (χ1) is 31.1. The second-order valence-electron chi connectivity index (χ2n) is 17.1. The molecule has 0 amide bonds. The second kappa shape index (κ2) is 22.2. The Hall–Kier alpha value is -5.29. The highest BCUT2D eigenvalue weighted by molar-refractivity contribution is 7.89. The molecule has 0 bridgehead atoms. The first kappa shape index (κ1) is 54.3. The Bertz CT molecular complexity index is 2790. The van der Waals surface area contributed by atoms with Crippen LogP contribution in [0.1, 0.15) is 83.4 Å². The molecule has 2 aromatic heterocycles. The number of nitrogens with one attached hydrogen (secondary N) is 2. The molecule has 0 radical (unpaired) electrons. The van der Waals surface area contributed by atoms with Crippen LogP contribution in [-0.4, -0.2) is 84.3 Å². The van der Waals surface area contributed by atoms with Crippen LogP contribution >= 0.6 is 0 Å². The first-order valence-corrected chi connectivity index (χ1v) is 24.8. The molecule has 0 unspecified atom stereocenters. The zero-order valence-corrected chi connectivity index (χ0v) is 40.6. The number of pyridine rings is 2. The monoisotopic (exact) mass is 990 g/mol. The minimum Gasteiger partial charge on any atom is -0.497 e. The summed E-state index contributed by atoms with van der Waals surface area (Å²) in [6.45, 7) is 8.05. The van der Waals surface area contributed by atoms with E-state index in [9.17, 15) is 43.8 Å². The van der Waals surface area contributed by atoms with Crippen molar-refractivity contribution in [2.24, 2.45) is 5.73 Å². The number of ether oxygens (including phenoxy) is 1. The lowest BCUT2D eigenvalue weighted by atomic mass is 9.92. The molecule has 21 heteroatoms. The van der Waals surface area contributed by atoms with Crippen LogP contribution in [0.4, 0.5) is 17.6 Å². The Morgan fingerprint density at radius 2 is 1.18 bits per heavy atom. The molecule has 14 nitrogen and oxygen atoms in total. The molecule has 0 fully saturated rings. The molecule has 5 aromatic rings. The molecular formula is C46H54F4N6O8S3. The van der Waals surface area contributed by atoms with Crippen molar-refractivity contribution < 1.29 is 52.9 Å². The van der Waals surface area contributed by atoms with E-state index in [0.29, 0.717) is 22.4 Å². The molecule has 0 aliphatic heterocycles. The predicted molar refractivity (Wildman–Crippen MR) is 248 cm³/mol. The van der Waals surface area contributed by atoms with Gasteiger partial charge >= 0.3 is 0 Å². The maximum absolute atomic E-state index is 15.4. The SMILES string of the molecule is CNS(=O)(=O)C[C@](C)(N)c1cc(CC(=O)c2ccc(F)cn2)ccc1F.COc1ccc(CN(C)S(=O)(=O)C[C@](C)(N[S@](=O)C(C)(C)C)c2cc(CC(=O)c3ccc(F)cn3)ccc2F)cc1. The maximum Gasteiger partial charge on any atom is 0.216 e. The fraction of sp³-hybridized carbons (Fsp3) is 0.348. The fourth-order valence-electron chi connectivity index (χ4n) is 6.48. The average molecular weight is 991 g/mol. The predicted octanol–water partition coefficient (Wildman–Crippen LogP) is 6.03. The molecule has 0 saturated carbocycles. The number of sulfonamides is 2. The van der Waals surface area contributed by atoms with Crippen LogP contribution < -0.4 is 19.9 Å². The number of Topliss-reactive ketones (excluding diaryl/α,β-unsaturated/α-hetero) is 2. The summed E-state index contributed by atoms with van der Waals surface area (Å²) in [6, 6.07) is 19.5. The van der Waals surface area contributed by atoms with Gasteiger partial charge in [-0.05, 0) is 107 Å². The summed E-state index contributed by atoms with van der Waals surface area (Å²) in [7, 11) is -5.31. The van der Waals surface area contributed by atoms with Crippen molar-refractivity contribution in [3.63, 3.8) is 0 Å². The van der Waals surface area contributed by atoms with Gasteiger partial charge in [-0.1, -0.05) is 36.4 Å². The molecule has 362 valence electrons. The number of hydrogen-bond acceptors (Lipinski definition) is 11. The van der Waals surface area contributed by atoms with Crippen molar-refractivity contribution in [2.45, 2.75) is 69.8 Å². The van der Waals surface area contributed by atoms with Crippen molar-refractivity contribution in [2.75, 3.05) is 32.7 Å². The van der Waals surface area contributed by atoms with E-state index in [1.54, 1.807) is 45.0 Å². The fourth-order valence-corrected chi connectivity index (χ4v) is 10.1. The van der Waals surface area contributed by atoms with E-state index in [1.165, 1.54) is 71.5 Å². The average Bonchev–Trinajstić information content (AvgIpc) is 3.25. The van der Waals surface area contributed by atoms with Crippen molar-refractivity contribution in [3.05, 3.63) is 160 Å². The summed E-state index contributed by atoms with van der Waals surface area (Å²) in [4.78, 5) is 32.5. The number of rotatable bonds is 19. The number of benzene rings is 3. The smallest absolute Gasteiger partial charge is 0.216 e. The van der Waals surface area contributed by atoms with Gasteiger partial charge in [0.1, 0.15) is 40.4 Å². The molecule has 4 N–H and O–H groups in total. The van der Waals surface area contributed by atoms with Crippen LogP contribution in [0.25, 0.3) is 0 Å². The topological polar surface area (TPSA) is 208 Å². The molecule has 67 heavy (non-hydrogen) atoms. The molecule has 3 atom stereocenters. The number of nitrogens with two attached hydrogens (primary N) is 1. The van der Waals surface area contributed by atoms with Gasteiger partial charge in [0, 0.05) is 37.6 Å². The number of hydrogen-bond donors (Lipinski definition) is 3. The Morgan fingerprint density at radius 3 is 1.61 bits per heavy atom. The number of carbonyl (C=O) groups is 2. The van der Waals surface area contributed by atoms with Gasteiger partial charge in [-0.2, -0.15) is 0 Å². The summed E-state index contributed by atoms with van der Waals surface area (Å²) < 4.78 is 130. The third-order valence-corrected chi connectivity index (χ3v) is 15.6. The quantitative estimate of drug-likeness (QED) is 0.0643. The lowest BCUT2D eigenvalue weighted by Gasteiger charge is -2.35. The van der Waals surface area contributed by atoms with Crippen LogP contribution in [0, 0.1) is 23.3 Å². The summed E-state index contributed by atoms with van der Waals surface area (Å²) in [5.74, 6) is -3.87. The number of methoxy groups -OCH3 is 1. The molecule has 0 aliphatic rings. The van der Waals surface area contributed by atoms with Gasteiger partial charge in [0.15, 0.2) is 11.6 Å². The second-order valence-corrected chi connectivity index (χ2v) is 23.1. The number of nitrogens with zero attached hydrogens (tertiary/aromatic N) is 3. The first-order valence-electron chi connectivity index (χ1n) is 20.4. The minimum atomic E-state index is -4.04. The maximum atomic E-state index is 15.4. The van der Waals surface area contributed by atoms with Crippen LogP contribution in [0.3, 0.4) is 0 Å². The van der Waals surface area contributed by atoms with E-state index in [4.69, 9.17) is 10.5 Å². The van der Waals surface area contributed by atoms with E-state index in [-0.39, 0.29) is 47.7 Å². The highest BCUT2D eigenvalue weighted by atomic mass is 32.2. The van der Waals surface area contributed by atoms with Gasteiger partial charge in [-0.25, -0.2) is 52.4 Å². The van der Waals surface area contributed by atoms with Gasteiger partial charge in [-0.15, -0.1) is 0 Å². The van der Waals surface area contributed by atoms with Gasteiger partial charge < -0.3 is 10.5 Å². The molecule has 0 saturated heterocycles. The van der Waals surface area contributed by atoms with Crippen molar-refractivity contribution in [3.8, 4) is 5.75 Å². The molecular weight excluding hydrogens is 937 g/mol. The summed E-state index contributed by atoms with van der Waals surface area (Å²) in [5, 5.41) is 0. The molecule has 0 spiro atoms. The molecule has 3 aromatic carbocycles. The Labute approximate surface area is 391 Å². The lowest BCUT2D eigenvalue weighted by Crippen LogP contribution is -2.52. The van der Waals surface area contributed by atoms with Crippen LogP contribution in [0.5, 0.6) is 5.75 Å². The Balaban J connectivity index is 0.000000324. The highest BCUT2D eigenvalue weighted by Gasteiger charge is 2.40. The number of ketones is 2. The molecule has 2 heterocycles. The van der Waals surface area contributed by atoms with E-state index in [2.05, 4.69) is 19.4 Å². The summed E-state index contributed by atoms with van der Waals surface area (Å²) >= 11 is 0. The van der Waals surface area contributed by atoms with Gasteiger partial charge in [0.25, 0.3) is 0 Å². The van der Waals surface area contributed by atoms with E-state index in [0.717, 1.165) is 41.0 Å². The largest absolute Gasteiger partial charge is 0.497 e. The standard InChI is InChI=1S/C29H35F2N3O5S2.C17H19F2N3O3S/c1-28(2,3)40(36)33-29(4,19-41(37,38)34(5)18-20-7-11-23(39-6)12-8-20)24-15-21(9-13-25(24)31)16-27(35)26-14-10-22(30)17-32-26;1-17(20,10-26(24,25)21-2)13-7-11(3-5-14(13)19)8-16(23)15-6-4-12(18)9-22-15/h7-15,17,33H,16,18-19H2,1-6H3;3-7,9,21H,8,10,20H2,1-2H3/t29-,40+;17-/m00/s1. The zero-order valence-electron chi connectivity index (χ0n) is 38.2. The zero-order chi connectivity index (χ0) is 50.1. The van der Waals surface area contributed by atoms with Crippen molar-refractivity contribution in [1.82, 2.24) is 23.7 Å². The Kier molecular flexibility index (Phi) is 18.0. The normalized spacial score (nSPS) is 14.3. The summed E-state index contributed by atoms with van der Waals surface area (Å²) in [6.07, 6.45) is 1.57. The number of carbonyl (C=O) groups excluding carboxylic acids is 2. The Morgan fingerprint density at radius 1 is 0.716 bits per heavy atom. The van der Waals surface area contributed by atoms with Gasteiger partial charge in [-0.3, -0.25) is 19.6 Å². The number of aromatic nitrogens is 2. The van der Waals surface area contributed by atoms with Gasteiger partial charge in [0.2, 0.25) is 20.0 Å². The van der Waals surface area contributed by atoms with E-state index >= 15 is 4.39 Å². The third-order valence-electron chi connectivity index (χ3n) is 10.2. The number of halogens is 4. The van der Waals surface area contributed by atoms with Crippen LogP contribution in [0.15, 0.2) is 97.3 Å². The lowest BCUT2D eigenvalue weighted by molar-refractivity contribution is 0.0980. The van der Waals surface area contributed by atoms with Gasteiger partial charge in [0.05, 0.1) is 57.8 Å². The molecule has 0 aliphatic carbocycles. The van der Waals surface area contributed by atoms with Crippen LogP contribution in [0.2, 0.25) is 0 Å². The highest BCUT2D eigenvalue weighted by Crippen LogP contribution is 2.31. The van der Waals surface area contributed by atoms with Crippen molar-refractivity contribution >= 4 is 42.6 Å². The minimum absolute atomic E-state index is 0.0197. The van der Waals surface area contributed by atoms with Crippen molar-refractivity contribution in [1.29, 1.82) is 0 Å².